The molecule has 46 heavy (non-hydrogen) atoms. The van der Waals surface area contributed by atoms with Crippen molar-refractivity contribution in [2.24, 2.45) is 0 Å². The topological polar surface area (TPSA) is 35.5 Å². The largest absolute Gasteiger partial charge is 0.379 e. The van der Waals surface area contributed by atoms with Crippen LogP contribution >= 0.6 is 0 Å². The number of nitrogens with one attached hydrogen (secondary N) is 1. The zero-order valence-corrected chi connectivity index (χ0v) is 31.7. The maximum atomic E-state index is 10.7. The average molecular weight is 643 g/mol. The first-order chi connectivity index (χ1) is 22.6. The Morgan fingerprint density at radius 2 is 0.826 bits per heavy atom. The Kier molecular flexibility index (Phi) is 37.3. The fraction of sp³-hybridized carbons (Fsp3) is 0.814. The number of hydrogen-bond acceptors (Lipinski definition) is 3. The van der Waals surface area contributed by atoms with Crippen molar-refractivity contribution >= 4 is 0 Å². The lowest BCUT2D eigenvalue weighted by Crippen LogP contribution is -2.38. The lowest BCUT2D eigenvalue weighted by molar-refractivity contribution is 0.103. The number of aliphatic hydroxyl groups is 1. The van der Waals surface area contributed by atoms with Gasteiger partial charge in [0, 0.05) is 6.04 Å². The number of hydrogen-bond donors (Lipinski definition) is 2. The fourth-order valence-electron chi connectivity index (χ4n) is 6.03. The minimum Gasteiger partial charge on any atom is -0.379 e. The molecule has 3 heteroatoms. The summed E-state index contributed by atoms with van der Waals surface area (Å²) in [6.45, 7) is 5.58. The molecule has 0 aromatic rings. The quantitative estimate of drug-likeness (QED) is 0.0405. The van der Waals surface area contributed by atoms with Crippen LogP contribution in [0, 0.1) is 0 Å². The Morgan fingerprint density at radius 1 is 0.457 bits per heavy atom. The summed E-state index contributed by atoms with van der Waals surface area (Å²) < 4.78 is 0. The number of allylic oxidation sites excluding steroid dienone is 8. The minimum absolute atomic E-state index is 0.362. The second-order valence-electron chi connectivity index (χ2n) is 14.1. The molecule has 1 unspecified atom stereocenters. The van der Waals surface area contributed by atoms with E-state index in [0.717, 1.165) is 32.2 Å². The smallest absolute Gasteiger partial charge is 0.105 e. The molecule has 0 saturated carbocycles. The van der Waals surface area contributed by atoms with E-state index >= 15 is 0 Å². The van der Waals surface area contributed by atoms with Crippen LogP contribution in [0.5, 0.6) is 0 Å². The minimum atomic E-state index is -0.362. The maximum Gasteiger partial charge on any atom is 0.105 e. The Balaban J connectivity index is 4.01. The standard InChI is InChI=1S/C43H82N2O/c1-5-7-9-11-13-15-17-19-21-23-25-27-29-31-33-35-38-42(44-43(46)40-37-41-45(3)4)39-36-34-32-30-28-26-24-22-20-18-16-14-12-10-8-6-2/h13-16,19-22,42-44,46H,5-12,17-18,23-41H2,1-4H3. The van der Waals surface area contributed by atoms with Crippen LogP contribution in [0.25, 0.3) is 0 Å². The van der Waals surface area contributed by atoms with E-state index in [1.54, 1.807) is 0 Å². The molecule has 0 aliphatic heterocycles. The summed E-state index contributed by atoms with van der Waals surface area (Å²) in [5.41, 5.74) is 0. The molecule has 0 spiro atoms. The van der Waals surface area contributed by atoms with Crippen molar-refractivity contribution in [1.29, 1.82) is 0 Å². The Labute approximate surface area is 289 Å². The molecule has 0 aliphatic carbocycles. The molecule has 0 aromatic heterocycles. The third kappa shape index (κ3) is 37.3. The highest BCUT2D eigenvalue weighted by atomic mass is 16.3. The summed E-state index contributed by atoms with van der Waals surface area (Å²) in [5, 5.41) is 14.3. The number of aliphatic hydroxyl groups excluding tert-OH is 1. The van der Waals surface area contributed by atoms with Gasteiger partial charge in [0.25, 0.3) is 0 Å². The van der Waals surface area contributed by atoms with Gasteiger partial charge in [-0.1, -0.05) is 152 Å². The van der Waals surface area contributed by atoms with Crippen LogP contribution in [-0.2, 0) is 0 Å². The number of rotatable bonds is 36. The van der Waals surface area contributed by atoms with Crippen LogP contribution in [0.3, 0.4) is 0 Å². The highest BCUT2D eigenvalue weighted by molar-refractivity contribution is 4.93. The van der Waals surface area contributed by atoms with Crippen LogP contribution in [0.2, 0.25) is 0 Å². The number of unbranched alkanes of at least 4 members (excludes halogenated alkanes) is 18. The second-order valence-corrected chi connectivity index (χ2v) is 14.1. The summed E-state index contributed by atoms with van der Waals surface area (Å²) >= 11 is 0. The fourth-order valence-corrected chi connectivity index (χ4v) is 6.03. The van der Waals surface area contributed by atoms with Crippen LogP contribution < -0.4 is 5.32 Å². The molecule has 0 aliphatic rings. The predicted octanol–water partition coefficient (Wildman–Crippen LogP) is 13.0. The van der Waals surface area contributed by atoms with Crippen molar-refractivity contribution in [3.63, 3.8) is 0 Å². The predicted molar refractivity (Wildman–Crippen MR) is 209 cm³/mol. The van der Waals surface area contributed by atoms with E-state index < -0.39 is 0 Å². The Hall–Kier alpha value is -1.16. The van der Waals surface area contributed by atoms with Gasteiger partial charge in [-0.2, -0.15) is 0 Å². The van der Waals surface area contributed by atoms with E-state index in [1.807, 2.05) is 0 Å². The van der Waals surface area contributed by atoms with Gasteiger partial charge in [0.05, 0.1) is 0 Å². The van der Waals surface area contributed by atoms with Gasteiger partial charge in [0.2, 0.25) is 0 Å². The van der Waals surface area contributed by atoms with Crippen molar-refractivity contribution in [2.75, 3.05) is 20.6 Å². The van der Waals surface area contributed by atoms with Gasteiger partial charge in [0.15, 0.2) is 0 Å². The second kappa shape index (κ2) is 38.3. The van der Waals surface area contributed by atoms with Gasteiger partial charge < -0.3 is 10.0 Å². The van der Waals surface area contributed by atoms with Crippen molar-refractivity contribution in [3.05, 3.63) is 48.6 Å². The van der Waals surface area contributed by atoms with Gasteiger partial charge in [-0.3, -0.25) is 5.32 Å². The van der Waals surface area contributed by atoms with Gasteiger partial charge in [-0.15, -0.1) is 0 Å². The maximum absolute atomic E-state index is 10.7. The molecule has 0 radical (unpaired) electrons. The molecular formula is C43H82N2O. The van der Waals surface area contributed by atoms with Gasteiger partial charge in [-0.25, -0.2) is 0 Å². The lowest BCUT2D eigenvalue weighted by Gasteiger charge is -2.23. The van der Waals surface area contributed by atoms with Crippen LogP contribution in [0.1, 0.15) is 194 Å². The van der Waals surface area contributed by atoms with Crippen molar-refractivity contribution in [2.45, 2.75) is 206 Å². The Morgan fingerprint density at radius 3 is 1.22 bits per heavy atom. The molecule has 1 atom stereocenters. The van der Waals surface area contributed by atoms with E-state index in [1.165, 1.54) is 154 Å². The SMILES string of the molecule is CCCCCC=CCC=CCCCCCCCCC(CCCCCCCCC=CCC=CCCCCC)NC(O)CCCN(C)C. The highest BCUT2D eigenvalue weighted by Crippen LogP contribution is 2.16. The monoisotopic (exact) mass is 643 g/mol. The van der Waals surface area contributed by atoms with Crippen LogP contribution in [-0.4, -0.2) is 42.9 Å². The van der Waals surface area contributed by atoms with Crippen LogP contribution in [0.4, 0.5) is 0 Å². The molecule has 0 bridgehead atoms. The Bertz CT molecular complexity index is 647. The van der Waals surface area contributed by atoms with E-state index in [9.17, 15) is 5.11 Å². The molecule has 0 amide bonds. The molecule has 3 nitrogen and oxygen atoms in total. The van der Waals surface area contributed by atoms with E-state index in [4.69, 9.17) is 0 Å². The average Bonchev–Trinajstić information content (AvgIpc) is 3.04. The van der Waals surface area contributed by atoms with Gasteiger partial charge >= 0.3 is 0 Å². The molecular weight excluding hydrogens is 560 g/mol. The third-order valence-corrected chi connectivity index (χ3v) is 9.02. The van der Waals surface area contributed by atoms with E-state index in [2.05, 4.69) is 86.8 Å². The first-order valence-electron chi connectivity index (χ1n) is 20.3. The van der Waals surface area contributed by atoms with Crippen molar-refractivity contribution in [3.8, 4) is 0 Å². The first kappa shape index (κ1) is 44.8. The summed E-state index contributed by atoms with van der Waals surface area (Å²) in [4.78, 5) is 2.21. The third-order valence-electron chi connectivity index (χ3n) is 9.02. The van der Waals surface area contributed by atoms with Crippen LogP contribution in [0.15, 0.2) is 48.6 Å². The summed E-state index contributed by atoms with van der Waals surface area (Å²) in [6, 6.07) is 0.464. The van der Waals surface area contributed by atoms with E-state index in [-0.39, 0.29) is 6.23 Å². The zero-order valence-electron chi connectivity index (χ0n) is 31.7. The normalized spacial score (nSPS) is 13.9. The molecule has 0 aromatic carbocycles. The lowest BCUT2D eigenvalue weighted by atomic mass is 9.99. The summed E-state index contributed by atoms with van der Waals surface area (Å²) in [5.74, 6) is 0. The molecule has 2 N–H and O–H groups in total. The number of nitrogens with zero attached hydrogens (tertiary/aromatic N) is 1. The summed E-state index contributed by atoms with van der Waals surface area (Å²) in [7, 11) is 4.22. The summed E-state index contributed by atoms with van der Waals surface area (Å²) in [6.07, 6.45) is 53.9. The molecule has 0 heterocycles. The molecule has 270 valence electrons. The molecule has 0 fully saturated rings. The van der Waals surface area contributed by atoms with E-state index in [0.29, 0.717) is 6.04 Å². The zero-order chi connectivity index (χ0) is 33.6. The van der Waals surface area contributed by atoms with Crippen molar-refractivity contribution in [1.82, 2.24) is 10.2 Å². The highest BCUT2D eigenvalue weighted by Gasteiger charge is 2.13. The van der Waals surface area contributed by atoms with Gasteiger partial charge in [-0.05, 0) is 111 Å². The van der Waals surface area contributed by atoms with Gasteiger partial charge in [0.1, 0.15) is 6.23 Å². The molecule has 0 rings (SSSR count). The molecule has 0 saturated heterocycles. The first-order valence-corrected chi connectivity index (χ1v) is 20.3. The van der Waals surface area contributed by atoms with Crippen molar-refractivity contribution < 1.29 is 5.11 Å².